The largest absolute Gasteiger partial charge is 0.385 e. The monoisotopic (exact) mass is 617 g/mol. The van der Waals surface area contributed by atoms with Crippen molar-refractivity contribution in [3.05, 3.63) is 81.3 Å². The van der Waals surface area contributed by atoms with Crippen molar-refractivity contribution >= 4 is 61.1 Å². The van der Waals surface area contributed by atoms with Crippen LogP contribution in [0.1, 0.15) is 25.7 Å². The summed E-state index contributed by atoms with van der Waals surface area (Å²) in [6, 6.07) is 12.5. The Balaban J connectivity index is 1.24. The van der Waals surface area contributed by atoms with Gasteiger partial charge in [-0.15, -0.1) is 11.3 Å². The van der Waals surface area contributed by atoms with E-state index < -0.39 is 27.4 Å². The molecule has 2 aromatic heterocycles. The van der Waals surface area contributed by atoms with Crippen molar-refractivity contribution in [2.24, 2.45) is 0 Å². The number of aromatic nitrogens is 1. The van der Waals surface area contributed by atoms with Gasteiger partial charge < -0.3 is 15.5 Å². The van der Waals surface area contributed by atoms with Crippen LogP contribution in [0.2, 0.25) is 4.34 Å². The van der Waals surface area contributed by atoms with Gasteiger partial charge in [-0.1, -0.05) is 18.0 Å². The number of thiophene rings is 1. The van der Waals surface area contributed by atoms with Gasteiger partial charge in [0.2, 0.25) is 0 Å². The van der Waals surface area contributed by atoms with Crippen LogP contribution in [0.15, 0.2) is 69.8 Å². The number of rotatable bonds is 9. The molecule has 0 spiro atoms. The summed E-state index contributed by atoms with van der Waals surface area (Å²) in [5, 5.41) is 6.88. The summed E-state index contributed by atoms with van der Waals surface area (Å²) < 4.78 is 42.8. The molecule has 1 aliphatic heterocycles. The second-order valence-electron chi connectivity index (χ2n) is 9.76. The molecular formula is C28H29ClFN5O4S2. The molecule has 4 aromatic rings. The molecule has 0 atom stereocenters. The molecule has 1 fully saturated rings. The Bertz CT molecular complexity index is 1740. The number of benzene rings is 2. The Morgan fingerprint density at radius 3 is 2.51 bits per heavy atom. The van der Waals surface area contributed by atoms with E-state index in [1.54, 1.807) is 12.1 Å². The van der Waals surface area contributed by atoms with Gasteiger partial charge in [0, 0.05) is 29.5 Å². The highest BCUT2D eigenvalue weighted by molar-refractivity contribution is 7.92. The molecule has 2 amide bonds. The lowest BCUT2D eigenvalue weighted by Gasteiger charge is -2.26. The number of pyridine rings is 1. The molecule has 1 aliphatic rings. The van der Waals surface area contributed by atoms with Crippen LogP contribution in [0.5, 0.6) is 0 Å². The zero-order valence-corrected chi connectivity index (χ0v) is 24.4. The van der Waals surface area contributed by atoms with Crippen molar-refractivity contribution in [3.63, 3.8) is 0 Å². The number of nitrogens with one attached hydrogen (secondary N) is 3. The van der Waals surface area contributed by atoms with Gasteiger partial charge in [-0.2, -0.15) is 0 Å². The van der Waals surface area contributed by atoms with Crippen molar-refractivity contribution in [2.75, 3.05) is 36.8 Å². The topological polar surface area (TPSA) is 113 Å². The fourth-order valence-corrected chi connectivity index (χ4v) is 7.21. The van der Waals surface area contributed by atoms with Gasteiger partial charge in [-0.05, 0) is 98.9 Å². The first-order chi connectivity index (χ1) is 19.7. The summed E-state index contributed by atoms with van der Waals surface area (Å²) in [5.74, 6) is -0.774. The molecule has 9 nitrogen and oxygen atoms in total. The van der Waals surface area contributed by atoms with Crippen LogP contribution >= 0.6 is 22.9 Å². The third-order valence-electron chi connectivity index (χ3n) is 6.84. The molecule has 0 unspecified atom stereocenters. The number of carbonyl (C=O) groups excluding carboxylic acids is 1. The van der Waals surface area contributed by atoms with Crippen LogP contribution in [0.3, 0.4) is 0 Å². The molecule has 2 aromatic carbocycles. The molecule has 1 saturated heterocycles. The third-order valence-corrected chi connectivity index (χ3v) is 9.89. The number of halogens is 2. The van der Waals surface area contributed by atoms with Crippen molar-refractivity contribution in [1.29, 1.82) is 0 Å². The minimum atomic E-state index is -4.13. The van der Waals surface area contributed by atoms with E-state index in [1.807, 2.05) is 16.9 Å². The number of fused-ring (bicyclic) bond motifs is 1. The summed E-state index contributed by atoms with van der Waals surface area (Å²) in [6.45, 7) is 4.25. The molecule has 0 saturated carbocycles. The first kappa shape index (κ1) is 29.1. The number of piperidine rings is 1. The second kappa shape index (κ2) is 12.6. The number of sulfonamides is 1. The maximum absolute atomic E-state index is 15.1. The standard InChI is InChI=1S/C28H29ClFN5O4S2/c29-25-9-10-26(40-25)41(38,39)33-28(37)32-21-6-8-24(23(30)18-21)35-16-11-19-17-20(5-7-22(19)27(35)36)31-12-4-15-34-13-2-1-3-14-34/h5-11,16-18,31H,1-4,12-15H2,(H2,32,33,37). The summed E-state index contributed by atoms with van der Waals surface area (Å²) in [6.07, 6.45) is 6.41. The Hall–Kier alpha value is -3.45. The maximum Gasteiger partial charge on any atom is 0.333 e. The van der Waals surface area contributed by atoms with Crippen LogP contribution in [-0.2, 0) is 10.0 Å². The van der Waals surface area contributed by atoms with Gasteiger partial charge in [0.15, 0.2) is 0 Å². The van der Waals surface area contributed by atoms with Crippen LogP contribution in [0.4, 0.5) is 20.6 Å². The molecule has 13 heteroatoms. The predicted molar refractivity (Wildman–Crippen MR) is 162 cm³/mol. The van der Waals surface area contributed by atoms with Crippen LogP contribution in [0, 0.1) is 5.82 Å². The predicted octanol–water partition coefficient (Wildman–Crippen LogP) is 5.64. The SMILES string of the molecule is O=C(Nc1ccc(-n2ccc3cc(NCCCN4CCCCC4)ccc3c2=O)c(F)c1)NS(=O)(=O)c1ccc(Cl)s1. The van der Waals surface area contributed by atoms with E-state index in [9.17, 15) is 18.0 Å². The van der Waals surface area contributed by atoms with Crippen molar-refractivity contribution in [3.8, 4) is 5.69 Å². The van der Waals surface area contributed by atoms with Gasteiger partial charge in [-0.25, -0.2) is 22.3 Å². The molecule has 216 valence electrons. The number of carbonyl (C=O) groups is 1. The molecule has 0 aliphatic carbocycles. The normalized spacial score (nSPS) is 14.2. The van der Waals surface area contributed by atoms with E-state index in [4.69, 9.17) is 11.6 Å². The van der Waals surface area contributed by atoms with Gasteiger partial charge in [-0.3, -0.25) is 9.36 Å². The zero-order chi connectivity index (χ0) is 29.0. The zero-order valence-electron chi connectivity index (χ0n) is 22.0. The van der Waals surface area contributed by atoms with Crippen molar-refractivity contribution < 1.29 is 17.6 Å². The minimum Gasteiger partial charge on any atom is -0.385 e. The molecule has 41 heavy (non-hydrogen) atoms. The number of amides is 2. The third kappa shape index (κ3) is 7.07. The first-order valence-corrected chi connectivity index (χ1v) is 15.9. The lowest BCUT2D eigenvalue weighted by atomic mass is 10.1. The number of hydrogen-bond acceptors (Lipinski definition) is 7. The number of nitrogens with zero attached hydrogens (tertiary/aromatic N) is 2. The quantitative estimate of drug-likeness (QED) is 0.210. The first-order valence-electron chi connectivity index (χ1n) is 13.2. The molecule has 5 rings (SSSR count). The smallest absolute Gasteiger partial charge is 0.333 e. The summed E-state index contributed by atoms with van der Waals surface area (Å²) >= 11 is 6.56. The molecule has 0 radical (unpaired) electrons. The lowest BCUT2D eigenvalue weighted by Crippen LogP contribution is -2.34. The number of anilines is 2. The van der Waals surface area contributed by atoms with Crippen LogP contribution < -0.4 is 20.9 Å². The second-order valence-corrected chi connectivity index (χ2v) is 13.4. The van der Waals surface area contributed by atoms with Crippen molar-refractivity contribution in [1.82, 2.24) is 14.2 Å². The molecular weight excluding hydrogens is 589 g/mol. The van der Waals surface area contributed by atoms with E-state index >= 15 is 4.39 Å². The van der Waals surface area contributed by atoms with E-state index in [-0.39, 0.29) is 19.9 Å². The average molecular weight is 618 g/mol. The highest BCUT2D eigenvalue weighted by Gasteiger charge is 2.20. The van der Waals surface area contributed by atoms with E-state index in [0.29, 0.717) is 5.39 Å². The van der Waals surface area contributed by atoms with Gasteiger partial charge in [0.05, 0.1) is 10.0 Å². The number of urea groups is 1. The average Bonchev–Trinajstić information content (AvgIpc) is 3.39. The van der Waals surface area contributed by atoms with Crippen LogP contribution in [-0.4, -0.2) is 50.1 Å². The molecule has 0 bridgehead atoms. The fourth-order valence-electron chi connectivity index (χ4n) is 4.82. The van der Waals surface area contributed by atoms with Gasteiger partial charge in [0.1, 0.15) is 10.0 Å². The summed E-state index contributed by atoms with van der Waals surface area (Å²) in [7, 11) is -4.13. The van der Waals surface area contributed by atoms with E-state index in [0.717, 1.165) is 48.0 Å². The number of likely N-dealkylation sites (tertiary alicyclic amines) is 1. The Kier molecular flexibility index (Phi) is 8.93. The summed E-state index contributed by atoms with van der Waals surface area (Å²) in [5.41, 5.74) is 0.520. The number of hydrogen-bond donors (Lipinski definition) is 3. The maximum atomic E-state index is 15.1. The van der Waals surface area contributed by atoms with E-state index in [2.05, 4.69) is 15.5 Å². The Morgan fingerprint density at radius 2 is 1.78 bits per heavy atom. The summed E-state index contributed by atoms with van der Waals surface area (Å²) in [4.78, 5) is 27.9. The fraction of sp³-hybridized carbons (Fsp3) is 0.286. The Labute approximate surface area is 246 Å². The van der Waals surface area contributed by atoms with Gasteiger partial charge >= 0.3 is 6.03 Å². The van der Waals surface area contributed by atoms with Gasteiger partial charge in [0.25, 0.3) is 15.6 Å². The molecule has 3 heterocycles. The highest BCUT2D eigenvalue weighted by atomic mass is 35.5. The Morgan fingerprint density at radius 1 is 1.00 bits per heavy atom. The molecule has 3 N–H and O–H groups in total. The minimum absolute atomic E-state index is 0.00741. The van der Waals surface area contributed by atoms with Crippen LogP contribution in [0.25, 0.3) is 16.5 Å². The van der Waals surface area contributed by atoms with Crippen molar-refractivity contribution in [2.45, 2.75) is 29.9 Å². The lowest BCUT2D eigenvalue weighted by molar-refractivity contribution is 0.228. The van der Waals surface area contributed by atoms with E-state index in [1.165, 1.54) is 67.4 Å². The highest BCUT2D eigenvalue weighted by Crippen LogP contribution is 2.26.